The second-order valence-corrected chi connectivity index (χ2v) is 17.8. The molecule has 0 amide bonds. The number of carbonyl (C=O) groups excluding carboxylic acids is 2. The molecular weight excluding hydrogens is 560 g/mol. The van der Waals surface area contributed by atoms with Gasteiger partial charge in [-0.2, -0.15) is 0 Å². The van der Waals surface area contributed by atoms with Crippen molar-refractivity contribution in [1.82, 2.24) is 0 Å². The summed E-state index contributed by atoms with van der Waals surface area (Å²) in [6.07, 6.45) is 1.84. The molecule has 30 heavy (non-hydrogen) atoms. The van der Waals surface area contributed by atoms with Gasteiger partial charge >= 0.3 is 196 Å². The van der Waals surface area contributed by atoms with Crippen LogP contribution in [0.2, 0.25) is 13.1 Å². The molecule has 0 radical (unpaired) electrons. The van der Waals surface area contributed by atoms with Crippen molar-refractivity contribution in [1.29, 1.82) is 0 Å². The zero-order valence-corrected chi connectivity index (χ0v) is 22.2. The number of rotatable bonds is 2. The molecule has 2 aliphatic rings. The summed E-state index contributed by atoms with van der Waals surface area (Å²) in [5.41, 5.74) is 1.59. The monoisotopic (exact) mass is 577 g/mol. The molecule has 0 saturated carbocycles. The van der Waals surface area contributed by atoms with E-state index in [1.54, 1.807) is 0 Å². The fraction of sp³-hybridized carbons (Fsp3) is 0.0909. The van der Waals surface area contributed by atoms with Gasteiger partial charge in [-0.25, -0.2) is 0 Å². The predicted molar refractivity (Wildman–Crippen MR) is 131 cm³/mol. The van der Waals surface area contributed by atoms with Crippen LogP contribution < -0.4 is 15.3 Å². The minimum absolute atomic E-state index is 0.0452. The number of fused-ring (bicyclic) bond motifs is 3. The van der Waals surface area contributed by atoms with Crippen LogP contribution in [0.25, 0.3) is 6.08 Å². The molecule has 3 nitrogen and oxygen atoms in total. The van der Waals surface area contributed by atoms with Crippen LogP contribution in [-0.4, -0.2) is 48.6 Å². The first kappa shape index (κ1) is 19.2. The second kappa shape index (κ2) is 6.75. The topological polar surface area (TPSA) is 37.4 Å². The minimum atomic E-state index is -1.67. The van der Waals surface area contributed by atoms with Gasteiger partial charge in [0.1, 0.15) is 0 Å². The third kappa shape index (κ3) is 2.59. The number of carbonyl (C=O) groups is 2. The molecule has 1 aliphatic heterocycles. The molecule has 0 unspecified atom stereocenters. The maximum atomic E-state index is 12.7. The van der Waals surface area contributed by atoms with Crippen molar-refractivity contribution >= 4 is 102 Å². The summed E-state index contributed by atoms with van der Waals surface area (Å²) in [5, 5.41) is 10.1. The Hall–Kier alpha value is -1.50. The number of anilines is 3. The van der Waals surface area contributed by atoms with Crippen molar-refractivity contribution in [3.63, 3.8) is 0 Å². The molecular formula is C22H15NO2S2Se2Si. The first-order valence-electron chi connectivity index (χ1n) is 9.40. The molecule has 0 saturated heterocycles. The molecule has 1 aliphatic carbocycles. The summed E-state index contributed by atoms with van der Waals surface area (Å²) >= 11 is 3.82. The summed E-state index contributed by atoms with van der Waals surface area (Å²) in [6, 6.07) is 8.86. The van der Waals surface area contributed by atoms with Crippen molar-refractivity contribution in [2.45, 2.75) is 13.1 Å². The Labute approximate surface area is 194 Å². The Morgan fingerprint density at radius 2 is 1.50 bits per heavy atom. The number of hydrogen-bond acceptors (Lipinski definition) is 5. The number of thiophene rings is 2. The van der Waals surface area contributed by atoms with E-state index in [4.69, 9.17) is 0 Å². The first-order valence-corrected chi connectivity index (χ1v) is 17.8. The van der Waals surface area contributed by atoms with E-state index in [0.717, 1.165) is 4.44 Å². The standard InChI is InChI=1S/C22H15NO2S2Se2Si/c1-30(2)16-5-7-26-21(16)23(22-17(30)6-8-27-22)18-4-3-12(29-18)9-13-19(24)14-10-28-11-15(14)20(13)25/h3-11H,1-2H3. The van der Waals surface area contributed by atoms with E-state index >= 15 is 0 Å². The molecule has 0 spiro atoms. The van der Waals surface area contributed by atoms with Crippen LogP contribution in [-0.2, 0) is 0 Å². The Kier molecular flexibility index (Phi) is 4.32. The Morgan fingerprint density at radius 3 is 2.10 bits per heavy atom. The molecule has 0 fully saturated rings. The maximum absolute atomic E-state index is 12.7. The van der Waals surface area contributed by atoms with Gasteiger partial charge in [0.2, 0.25) is 0 Å². The van der Waals surface area contributed by atoms with E-state index in [1.165, 1.54) is 24.9 Å². The molecule has 8 heteroatoms. The van der Waals surface area contributed by atoms with Crippen molar-refractivity contribution in [3.8, 4) is 0 Å². The zero-order chi connectivity index (χ0) is 20.6. The van der Waals surface area contributed by atoms with Gasteiger partial charge in [-0.3, -0.25) is 0 Å². The molecule has 5 heterocycles. The van der Waals surface area contributed by atoms with Crippen molar-refractivity contribution in [3.05, 3.63) is 66.0 Å². The van der Waals surface area contributed by atoms with Crippen LogP contribution in [0.4, 0.5) is 14.6 Å². The number of hydrogen-bond donors (Lipinski definition) is 0. The van der Waals surface area contributed by atoms with Crippen LogP contribution >= 0.6 is 22.7 Å². The molecule has 0 N–H and O–H groups in total. The van der Waals surface area contributed by atoms with Gasteiger partial charge in [-0.05, 0) is 0 Å². The van der Waals surface area contributed by atoms with E-state index in [-0.39, 0.29) is 40.6 Å². The van der Waals surface area contributed by atoms with Gasteiger partial charge in [0, 0.05) is 0 Å². The average molecular weight is 576 g/mol. The quantitative estimate of drug-likeness (QED) is 0.206. The van der Waals surface area contributed by atoms with Crippen molar-refractivity contribution < 1.29 is 9.59 Å². The Morgan fingerprint density at radius 1 is 0.900 bits per heavy atom. The van der Waals surface area contributed by atoms with Gasteiger partial charge in [-0.15, -0.1) is 0 Å². The zero-order valence-electron chi connectivity index (χ0n) is 16.1. The molecule has 0 aromatic carbocycles. The van der Waals surface area contributed by atoms with Gasteiger partial charge in [0.05, 0.1) is 0 Å². The molecule has 4 aromatic rings. The third-order valence-electron chi connectivity index (χ3n) is 5.80. The Balaban J connectivity index is 1.43. The number of nitrogens with zero attached hydrogens (tertiary/aromatic N) is 1. The fourth-order valence-corrected chi connectivity index (χ4v) is 14.6. The third-order valence-corrected chi connectivity index (χ3v) is 15.2. The summed E-state index contributed by atoms with van der Waals surface area (Å²) in [6.45, 7) is 4.87. The van der Waals surface area contributed by atoms with E-state index < -0.39 is 8.07 Å². The van der Waals surface area contributed by atoms with Crippen LogP contribution in [0.3, 0.4) is 0 Å². The van der Waals surface area contributed by atoms with E-state index in [0.29, 0.717) is 16.7 Å². The number of Topliss-reactive ketones (excluding diaryl/α,β-unsaturated/α-hetero) is 2. The predicted octanol–water partition coefficient (Wildman–Crippen LogP) is 3.99. The number of allylic oxidation sites excluding steroid dienone is 1. The van der Waals surface area contributed by atoms with E-state index in [2.05, 4.69) is 53.0 Å². The van der Waals surface area contributed by atoms with Crippen LogP contribution in [0.1, 0.15) is 25.2 Å². The summed E-state index contributed by atoms with van der Waals surface area (Å²) in [4.78, 5) is 31.6. The average Bonchev–Trinajstić information content (AvgIpc) is 3.53. The fourth-order valence-electron chi connectivity index (χ4n) is 4.19. The van der Waals surface area contributed by atoms with Crippen LogP contribution in [0.15, 0.2) is 50.5 Å². The van der Waals surface area contributed by atoms with E-state index in [1.807, 2.05) is 38.6 Å². The molecule has 0 bridgehead atoms. The molecule has 4 aromatic heterocycles. The van der Waals surface area contributed by atoms with E-state index in [9.17, 15) is 9.59 Å². The van der Waals surface area contributed by atoms with Crippen molar-refractivity contribution in [2.24, 2.45) is 0 Å². The molecule has 0 atom stereocenters. The summed E-state index contributed by atoms with van der Waals surface area (Å²) < 4.78 is 2.35. The normalized spacial score (nSPS) is 16.6. The van der Waals surface area contributed by atoms with Crippen LogP contribution in [0, 0.1) is 0 Å². The first-order chi connectivity index (χ1) is 14.5. The van der Waals surface area contributed by atoms with Gasteiger partial charge in [-0.1, -0.05) is 0 Å². The summed E-state index contributed by atoms with van der Waals surface area (Å²) in [5.74, 6) is -0.190. The van der Waals surface area contributed by atoms with Gasteiger partial charge < -0.3 is 0 Å². The second-order valence-electron chi connectivity index (χ2n) is 7.83. The van der Waals surface area contributed by atoms with Crippen molar-refractivity contribution in [2.75, 3.05) is 4.90 Å². The SMILES string of the molecule is C[Si]1(C)c2ccsc2N(c2ccc(C=C3C(=O)c4c[se]cc4C3=O)[se]2)c2sccc21. The summed E-state index contributed by atoms with van der Waals surface area (Å²) in [7, 11) is -1.67. The number of ketones is 2. The Bertz CT molecular complexity index is 1310. The van der Waals surface area contributed by atoms with Gasteiger partial charge in [0.15, 0.2) is 0 Å². The van der Waals surface area contributed by atoms with Gasteiger partial charge in [0.25, 0.3) is 0 Å². The molecule has 148 valence electrons. The molecule has 6 rings (SSSR count). The van der Waals surface area contributed by atoms with Crippen LogP contribution in [0.5, 0.6) is 0 Å².